The van der Waals surface area contributed by atoms with E-state index >= 15 is 0 Å². The van der Waals surface area contributed by atoms with Gasteiger partial charge in [-0.1, -0.05) is 25.1 Å². The lowest BCUT2D eigenvalue weighted by Crippen LogP contribution is -2.46. The summed E-state index contributed by atoms with van der Waals surface area (Å²) in [6.07, 6.45) is 0.745. The van der Waals surface area contributed by atoms with Crippen LogP contribution in [0.4, 0.5) is 4.39 Å². The number of hydrogen-bond donors (Lipinski definition) is 1. The van der Waals surface area contributed by atoms with Crippen molar-refractivity contribution >= 4 is 16.1 Å². The Kier molecular flexibility index (Phi) is 6.49. The van der Waals surface area contributed by atoms with Gasteiger partial charge in [-0.05, 0) is 38.3 Å². The first kappa shape index (κ1) is 18.6. The number of carbonyl (C=O) groups is 1. The smallest absolute Gasteiger partial charge is 0.274 e. The van der Waals surface area contributed by atoms with Crippen LogP contribution in [0.2, 0.25) is 0 Å². The second-order valence-corrected chi connectivity index (χ2v) is 7.34. The fraction of sp³-hybridized carbons (Fsp3) is 0.533. The number of benzene rings is 1. The molecule has 0 bridgehead atoms. The van der Waals surface area contributed by atoms with Gasteiger partial charge in [0.15, 0.2) is 0 Å². The number of nitrogens with zero attached hydrogens (tertiary/aromatic N) is 1. The van der Waals surface area contributed by atoms with Gasteiger partial charge in [-0.2, -0.15) is 12.7 Å². The average Bonchev–Trinajstić information content (AvgIpc) is 2.44. The summed E-state index contributed by atoms with van der Waals surface area (Å²) in [7, 11) is -2.43. The number of carbonyl (C=O) groups excluding carboxylic acids is 1. The Morgan fingerprint density at radius 2 is 1.86 bits per heavy atom. The predicted octanol–water partition coefficient (Wildman–Crippen LogP) is 2.10. The highest BCUT2D eigenvalue weighted by atomic mass is 32.2. The van der Waals surface area contributed by atoms with Crippen molar-refractivity contribution in [2.75, 3.05) is 7.05 Å². The fourth-order valence-electron chi connectivity index (χ4n) is 1.78. The highest BCUT2D eigenvalue weighted by Crippen LogP contribution is 2.13. The first-order valence-corrected chi connectivity index (χ1v) is 8.62. The Morgan fingerprint density at radius 3 is 2.41 bits per heavy atom. The molecule has 1 aromatic rings. The van der Waals surface area contributed by atoms with Crippen molar-refractivity contribution in [3.05, 3.63) is 35.6 Å². The van der Waals surface area contributed by atoms with E-state index in [1.807, 2.05) is 0 Å². The molecule has 5 nitrogen and oxygen atoms in total. The Labute approximate surface area is 131 Å². The zero-order valence-corrected chi connectivity index (χ0v) is 14.2. The van der Waals surface area contributed by atoms with Crippen molar-refractivity contribution in [1.29, 1.82) is 0 Å². The van der Waals surface area contributed by atoms with Crippen molar-refractivity contribution in [1.82, 2.24) is 9.03 Å². The van der Waals surface area contributed by atoms with Gasteiger partial charge in [0.05, 0.1) is 0 Å². The van der Waals surface area contributed by atoms with Gasteiger partial charge in [0.2, 0.25) is 5.91 Å². The van der Waals surface area contributed by atoms with Crippen LogP contribution in [0.25, 0.3) is 0 Å². The maximum Gasteiger partial charge on any atom is 0.303 e. The minimum absolute atomic E-state index is 0.251. The zero-order valence-electron chi connectivity index (χ0n) is 13.3. The molecule has 1 rings (SSSR count). The van der Waals surface area contributed by atoms with Crippen LogP contribution in [0.15, 0.2) is 24.3 Å². The summed E-state index contributed by atoms with van der Waals surface area (Å²) in [5, 5.41) is 0. The lowest BCUT2D eigenvalue weighted by Gasteiger charge is -2.22. The molecule has 0 saturated heterocycles. The molecule has 0 saturated carbocycles. The molecule has 0 heterocycles. The summed E-state index contributed by atoms with van der Waals surface area (Å²) in [4.78, 5) is 12.0. The van der Waals surface area contributed by atoms with Crippen molar-refractivity contribution < 1.29 is 17.6 Å². The van der Waals surface area contributed by atoms with E-state index in [0.29, 0.717) is 18.4 Å². The van der Waals surface area contributed by atoms with Crippen molar-refractivity contribution in [3.8, 4) is 0 Å². The first-order chi connectivity index (χ1) is 10.1. The molecule has 124 valence electrons. The van der Waals surface area contributed by atoms with Gasteiger partial charge in [0, 0.05) is 19.0 Å². The lowest BCUT2D eigenvalue weighted by molar-refractivity contribution is -0.122. The lowest BCUT2D eigenvalue weighted by atomic mass is 10.0. The second kappa shape index (κ2) is 7.69. The van der Waals surface area contributed by atoms with Crippen LogP contribution in [-0.4, -0.2) is 31.7 Å². The Morgan fingerprint density at radius 1 is 1.27 bits per heavy atom. The minimum Gasteiger partial charge on any atom is -0.274 e. The van der Waals surface area contributed by atoms with E-state index in [0.717, 1.165) is 4.31 Å². The van der Waals surface area contributed by atoms with E-state index in [2.05, 4.69) is 4.72 Å². The van der Waals surface area contributed by atoms with Gasteiger partial charge < -0.3 is 0 Å². The summed E-state index contributed by atoms with van der Waals surface area (Å²) in [5.41, 5.74) is 0.518. The topological polar surface area (TPSA) is 66.5 Å². The number of amides is 1. The molecule has 0 radical (unpaired) electrons. The molecule has 0 aliphatic carbocycles. The number of aryl methyl sites for hydroxylation is 1. The molecule has 1 atom stereocenters. The Hall–Kier alpha value is -1.47. The molecule has 0 spiro atoms. The number of nitrogens with one attached hydrogen (secondary N) is 1. The molecule has 0 aliphatic heterocycles. The highest BCUT2D eigenvalue weighted by Gasteiger charge is 2.25. The normalized spacial score (nSPS) is 13.4. The second-order valence-electron chi connectivity index (χ2n) is 5.61. The summed E-state index contributed by atoms with van der Waals surface area (Å²) in [6, 6.07) is 6.10. The van der Waals surface area contributed by atoms with E-state index in [4.69, 9.17) is 0 Å². The molecule has 0 aromatic heterocycles. The molecule has 22 heavy (non-hydrogen) atoms. The third kappa shape index (κ3) is 5.06. The monoisotopic (exact) mass is 330 g/mol. The van der Waals surface area contributed by atoms with Gasteiger partial charge >= 0.3 is 10.2 Å². The van der Waals surface area contributed by atoms with Gasteiger partial charge in [-0.25, -0.2) is 9.11 Å². The number of rotatable bonds is 7. The standard InChI is InChI=1S/C15H23FN2O3S/c1-11(2)18(4)22(20,21)17-15(19)12(3)9-10-13-7-5-6-8-14(13)16/h5-8,11-12H,9-10H2,1-4H3,(H,17,19)/t12-/m1/s1. The molecule has 1 aromatic carbocycles. The Balaban J connectivity index is 2.61. The van der Waals surface area contributed by atoms with E-state index in [1.54, 1.807) is 39.0 Å². The molecular weight excluding hydrogens is 307 g/mol. The van der Waals surface area contributed by atoms with E-state index in [9.17, 15) is 17.6 Å². The van der Waals surface area contributed by atoms with Crippen molar-refractivity contribution in [2.24, 2.45) is 5.92 Å². The van der Waals surface area contributed by atoms with Crippen LogP contribution in [-0.2, 0) is 21.4 Å². The van der Waals surface area contributed by atoms with E-state index in [1.165, 1.54) is 13.1 Å². The Bertz CT molecular complexity index is 617. The van der Waals surface area contributed by atoms with Gasteiger partial charge in [-0.3, -0.25) is 4.79 Å². The summed E-state index contributed by atoms with van der Waals surface area (Å²) in [5.74, 6) is -1.43. The molecule has 0 fully saturated rings. The summed E-state index contributed by atoms with van der Waals surface area (Å²) in [6.45, 7) is 5.05. The zero-order chi connectivity index (χ0) is 16.9. The maximum absolute atomic E-state index is 13.5. The van der Waals surface area contributed by atoms with Crippen LogP contribution >= 0.6 is 0 Å². The molecule has 7 heteroatoms. The summed E-state index contributed by atoms with van der Waals surface area (Å²) < 4.78 is 40.5. The van der Waals surface area contributed by atoms with Gasteiger partial charge in [-0.15, -0.1) is 0 Å². The predicted molar refractivity (Wildman–Crippen MR) is 83.8 cm³/mol. The van der Waals surface area contributed by atoms with E-state index in [-0.39, 0.29) is 11.9 Å². The van der Waals surface area contributed by atoms with Crippen LogP contribution in [0.5, 0.6) is 0 Å². The van der Waals surface area contributed by atoms with Crippen LogP contribution in [0, 0.1) is 11.7 Å². The third-order valence-electron chi connectivity index (χ3n) is 3.59. The van der Waals surface area contributed by atoms with Gasteiger partial charge in [0.1, 0.15) is 5.82 Å². The van der Waals surface area contributed by atoms with E-state index < -0.39 is 22.0 Å². The van der Waals surface area contributed by atoms with Crippen LogP contribution in [0.3, 0.4) is 0 Å². The molecule has 1 N–H and O–H groups in total. The molecular formula is C15H23FN2O3S. The largest absolute Gasteiger partial charge is 0.303 e. The van der Waals surface area contributed by atoms with Crippen molar-refractivity contribution in [2.45, 2.75) is 39.7 Å². The van der Waals surface area contributed by atoms with Crippen molar-refractivity contribution in [3.63, 3.8) is 0 Å². The third-order valence-corrected chi connectivity index (χ3v) is 5.23. The summed E-state index contributed by atoms with van der Waals surface area (Å²) >= 11 is 0. The molecule has 0 aliphatic rings. The highest BCUT2D eigenvalue weighted by molar-refractivity contribution is 7.87. The number of halogens is 1. The quantitative estimate of drug-likeness (QED) is 0.832. The number of hydrogen-bond acceptors (Lipinski definition) is 3. The van der Waals surface area contributed by atoms with Gasteiger partial charge in [0.25, 0.3) is 0 Å². The SMILES string of the molecule is CC(C)N(C)S(=O)(=O)NC(=O)[C@H](C)CCc1ccccc1F. The molecule has 0 unspecified atom stereocenters. The maximum atomic E-state index is 13.5. The van der Waals surface area contributed by atoms with Crippen LogP contribution < -0.4 is 4.72 Å². The first-order valence-electron chi connectivity index (χ1n) is 7.18. The van der Waals surface area contributed by atoms with Crippen LogP contribution in [0.1, 0.15) is 32.8 Å². The minimum atomic E-state index is -3.84. The average molecular weight is 330 g/mol. The fourth-order valence-corrected chi connectivity index (χ4v) is 2.94. The molecule has 1 amide bonds.